The number of amides is 2. The summed E-state index contributed by atoms with van der Waals surface area (Å²) in [6, 6.07) is 5.50. The molecule has 2 fully saturated rings. The van der Waals surface area contributed by atoms with Gasteiger partial charge in [0.2, 0.25) is 0 Å². The van der Waals surface area contributed by atoms with E-state index in [-0.39, 0.29) is 36.5 Å². The number of likely N-dealkylation sites (N-methyl/N-ethyl adjacent to an activating group) is 1. The fraction of sp³-hybridized carbons (Fsp3) is 0.579. The molecule has 3 aliphatic heterocycles. The summed E-state index contributed by atoms with van der Waals surface area (Å²) in [5.74, 6) is 0.428. The Balaban J connectivity index is 1.57. The van der Waals surface area contributed by atoms with Crippen LogP contribution in [-0.4, -0.2) is 67.8 Å². The molecule has 0 aromatic heterocycles. The average Bonchev–Trinajstić information content (AvgIpc) is 2.69. The van der Waals surface area contributed by atoms with Crippen LogP contribution < -0.4 is 15.0 Å². The lowest BCUT2D eigenvalue weighted by molar-refractivity contribution is -0.120. The van der Waals surface area contributed by atoms with Crippen molar-refractivity contribution < 1.29 is 19.4 Å². The van der Waals surface area contributed by atoms with Crippen molar-refractivity contribution in [3.63, 3.8) is 0 Å². The van der Waals surface area contributed by atoms with Gasteiger partial charge in [0.1, 0.15) is 5.75 Å². The maximum absolute atomic E-state index is 13.1. The van der Waals surface area contributed by atoms with Gasteiger partial charge in [-0.05, 0) is 44.0 Å². The molecule has 0 unspecified atom stereocenters. The molecule has 2 N–H and O–H groups in total. The van der Waals surface area contributed by atoms with Gasteiger partial charge >= 0.3 is 0 Å². The third-order valence-electron chi connectivity index (χ3n) is 6.07. The molecule has 0 radical (unpaired) electrons. The quantitative estimate of drug-likeness (QED) is 0.809. The lowest BCUT2D eigenvalue weighted by Gasteiger charge is -2.50. The topological polar surface area (TPSA) is 82.1 Å². The number of hydrogen-bond acceptors (Lipinski definition) is 5. The molecule has 0 bridgehead atoms. The maximum atomic E-state index is 13.1. The number of piperidine rings is 2. The van der Waals surface area contributed by atoms with Crippen LogP contribution in [0.15, 0.2) is 18.2 Å². The number of hydrogen-bond donors (Lipinski definition) is 2. The number of nitrogens with zero attached hydrogens (tertiary/aromatic N) is 2. The molecule has 1 aromatic rings. The number of benzene rings is 1. The minimum absolute atomic E-state index is 0.0241. The minimum Gasteiger partial charge on any atom is -0.482 e. The van der Waals surface area contributed by atoms with E-state index >= 15 is 0 Å². The predicted molar refractivity (Wildman–Crippen MR) is 96.4 cm³/mol. The molecule has 2 atom stereocenters. The molecule has 7 nitrogen and oxygen atoms in total. The van der Waals surface area contributed by atoms with Crippen molar-refractivity contribution in [3.8, 4) is 5.75 Å². The summed E-state index contributed by atoms with van der Waals surface area (Å²) in [5.41, 5.74) is 0.915. The molecule has 2 amide bonds. The van der Waals surface area contributed by atoms with Gasteiger partial charge < -0.3 is 25.0 Å². The maximum Gasteiger partial charge on any atom is 0.264 e. The van der Waals surface area contributed by atoms with Crippen LogP contribution in [0.1, 0.15) is 29.6 Å². The highest BCUT2D eigenvalue weighted by molar-refractivity contribution is 6.01. The van der Waals surface area contributed by atoms with E-state index in [1.54, 1.807) is 25.2 Å². The van der Waals surface area contributed by atoms with E-state index in [4.69, 9.17) is 4.74 Å². The van der Waals surface area contributed by atoms with E-state index in [1.165, 1.54) is 4.90 Å². The smallest absolute Gasteiger partial charge is 0.264 e. The molecule has 0 saturated carbocycles. The molecule has 140 valence electrons. The summed E-state index contributed by atoms with van der Waals surface area (Å²) in [7, 11) is 1.69. The second-order valence-corrected chi connectivity index (χ2v) is 7.57. The molecule has 1 aromatic carbocycles. The average molecular weight is 359 g/mol. The van der Waals surface area contributed by atoms with Gasteiger partial charge in [0, 0.05) is 37.2 Å². The predicted octanol–water partition coefficient (Wildman–Crippen LogP) is 0.618. The Hall–Kier alpha value is -2.12. The van der Waals surface area contributed by atoms with Crippen LogP contribution in [0.5, 0.6) is 5.75 Å². The first-order valence-corrected chi connectivity index (χ1v) is 9.21. The van der Waals surface area contributed by atoms with Crippen molar-refractivity contribution in [3.05, 3.63) is 23.8 Å². The zero-order chi connectivity index (χ0) is 18.3. The number of ether oxygens (including phenoxy) is 1. The van der Waals surface area contributed by atoms with E-state index in [1.807, 2.05) is 4.90 Å². The standard InChI is InChI=1S/C19H25N3O4/c1-21-14-9-13(3-4-15(14)26-10-17(21)24)18(25)22-8-5-16-19(11-22,12-23)6-2-7-20-16/h3-4,9,16,20,23H,2,5-8,10-12H2,1H3/t16-,19-/m0/s1. The molecule has 0 aliphatic carbocycles. The van der Waals surface area contributed by atoms with Gasteiger partial charge in [0.25, 0.3) is 11.8 Å². The molecule has 3 heterocycles. The molecule has 3 aliphatic rings. The SMILES string of the molecule is CN1C(=O)COc2ccc(C(=O)N3CC[C@@H]4NCCC[C@@]4(CO)C3)cc21. The molecule has 7 heteroatoms. The number of likely N-dealkylation sites (tertiary alicyclic amines) is 1. The first-order chi connectivity index (χ1) is 12.5. The van der Waals surface area contributed by atoms with Gasteiger partial charge in [0.15, 0.2) is 6.61 Å². The number of nitrogens with one attached hydrogen (secondary N) is 1. The third kappa shape index (κ3) is 2.75. The Morgan fingerprint density at radius 3 is 3.12 bits per heavy atom. The van der Waals surface area contributed by atoms with Crippen LogP contribution in [0.4, 0.5) is 5.69 Å². The van der Waals surface area contributed by atoms with Gasteiger partial charge in [-0.1, -0.05) is 0 Å². The first kappa shape index (κ1) is 17.3. The molecule has 2 saturated heterocycles. The van der Waals surface area contributed by atoms with Crippen LogP contribution in [0.3, 0.4) is 0 Å². The number of carbonyl (C=O) groups is 2. The zero-order valence-corrected chi connectivity index (χ0v) is 15.0. The Kier molecular flexibility index (Phi) is 4.36. The Morgan fingerprint density at radius 1 is 1.46 bits per heavy atom. The van der Waals surface area contributed by atoms with Gasteiger partial charge in [-0.2, -0.15) is 0 Å². The highest BCUT2D eigenvalue weighted by Gasteiger charge is 2.45. The van der Waals surface area contributed by atoms with Crippen LogP contribution >= 0.6 is 0 Å². The number of rotatable bonds is 2. The second-order valence-electron chi connectivity index (χ2n) is 7.57. The number of anilines is 1. The zero-order valence-electron chi connectivity index (χ0n) is 15.0. The highest BCUT2D eigenvalue weighted by Crippen LogP contribution is 2.38. The summed E-state index contributed by atoms with van der Waals surface area (Å²) >= 11 is 0. The van der Waals surface area contributed by atoms with Crippen molar-refractivity contribution in [2.75, 3.05) is 44.8 Å². The molecule has 0 spiro atoms. The fourth-order valence-corrected chi connectivity index (χ4v) is 4.45. The van der Waals surface area contributed by atoms with Crippen molar-refractivity contribution in [1.29, 1.82) is 0 Å². The first-order valence-electron chi connectivity index (χ1n) is 9.21. The van der Waals surface area contributed by atoms with Gasteiger partial charge in [-0.3, -0.25) is 9.59 Å². The number of carbonyl (C=O) groups excluding carboxylic acids is 2. The lowest BCUT2D eigenvalue weighted by Crippen LogP contribution is -2.62. The van der Waals surface area contributed by atoms with Crippen molar-refractivity contribution >= 4 is 17.5 Å². The van der Waals surface area contributed by atoms with Gasteiger partial charge in [-0.15, -0.1) is 0 Å². The van der Waals surface area contributed by atoms with Gasteiger partial charge in [0.05, 0.1) is 12.3 Å². The van der Waals surface area contributed by atoms with E-state index in [2.05, 4.69) is 5.32 Å². The second kappa shape index (κ2) is 6.55. The van der Waals surface area contributed by atoms with Crippen molar-refractivity contribution in [2.24, 2.45) is 5.41 Å². The van der Waals surface area contributed by atoms with E-state index in [9.17, 15) is 14.7 Å². The number of fused-ring (bicyclic) bond motifs is 2. The van der Waals surface area contributed by atoms with Crippen LogP contribution in [0.25, 0.3) is 0 Å². The van der Waals surface area contributed by atoms with Crippen LogP contribution in [0.2, 0.25) is 0 Å². The Morgan fingerprint density at radius 2 is 2.31 bits per heavy atom. The molecule has 26 heavy (non-hydrogen) atoms. The number of aliphatic hydroxyl groups is 1. The van der Waals surface area contributed by atoms with E-state index in [0.717, 1.165) is 25.8 Å². The summed E-state index contributed by atoms with van der Waals surface area (Å²) < 4.78 is 5.43. The number of aliphatic hydroxyl groups excluding tert-OH is 1. The highest BCUT2D eigenvalue weighted by atomic mass is 16.5. The van der Waals surface area contributed by atoms with E-state index < -0.39 is 0 Å². The largest absolute Gasteiger partial charge is 0.482 e. The third-order valence-corrected chi connectivity index (χ3v) is 6.07. The monoisotopic (exact) mass is 359 g/mol. The summed E-state index contributed by atoms with van der Waals surface area (Å²) in [6.45, 7) is 2.31. The minimum atomic E-state index is -0.254. The van der Waals surface area contributed by atoms with E-state index in [0.29, 0.717) is 30.1 Å². The fourth-order valence-electron chi connectivity index (χ4n) is 4.45. The summed E-state index contributed by atoms with van der Waals surface area (Å²) in [4.78, 5) is 28.3. The van der Waals surface area contributed by atoms with Crippen molar-refractivity contribution in [1.82, 2.24) is 10.2 Å². The molecule has 4 rings (SSSR count). The normalized spacial score (nSPS) is 28.2. The van der Waals surface area contributed by atoms with Crippen molar-refractivity contribution in [2.45, 2.75) is 25.3 Å². The Bertz CT molecular complexity index is 737. The lowest BCUT2D eigenvalue weighted by atomic mass is 9.70. The summed E-state index contributed by atoms with van der Waals surface area (Å²) in [5, 5.41) is 13.5. The summed E-state index contributed by atoms with van der Waals surface area (Å²) in [6.07, 6.45) is 2.79. The van der Waals surface area contributed by atoms with Crippen LogP contribution in [0, 0.1) is 5.41 Å². The van der Waals surface area contributed by atoms with Crippen LogP contribution in [-0.2, 0) is 4.79 Å². The Labute approximate surface area is 152 Å². The molecular weight excluding hydrogens is 334 g/mol. The molecular formula is C19H25N3O4. The van der Waals surface area contributed by atoms with Gasteiger partial charge in [-0.25, -0.2) is 0 Å².